The number of fused-ring (bicyclic) bond motifs is 4. The summed E-state index contributed by atoms with van der Waals surface area (Å²) in [7, 11) is 0. The molecule has 0 atom stereocenters. The van der Waals surface area contributed by atoms with E-state index in [9.17, 15) is 0 Å². The summed E-state index contributed by atoms with van der Waals surface area (Å²) in [4.78, 5) is 3.65. The molecule has 53 heavy (non-hydrogen) atoms. The molecular formula is C50H33NS2. The van der Waals surface area contributed by atoms with E-state index in [2.05, 4.69) is 205 Å². The molecule has 0 aliphatic carbocycles. The molecule has 0 amide bonds. The number of anilines is 3. The average Bonchev–Trinajstić information content (AvgIpc) is 3.85. The van der Waals surface area contributed by atoms with E-state index in [1.54, 1.807) is 0 Å². The Kier molecular flexibility index (Phi) is 7.94. The van der Waals surface area contributed by atoms with Crippen LogP contribution in [0.4, 0.5) is 17.1 Å². The maximum absolute atomic E-state index is 2.36. The third kappa shape index (κ3) is 5.90. The highest BCUT2D eigenvalue weighted by atomic mass is 32.1. The maximum atomic E-state index is 2.36. The van der Waals surface area contributed by atoms with E-state index in [0.29, 0.717) is 0 Å². The molecule has 2 heterocycles. The van der Waals surface area contributed by atoms with Gasteiger partial charge in [-0.05, 0) is 98.9 Å². The molecule has 8 aromatic carbocycles. The number of rotatable bonds is 7. The first-order chi connectivity index (χ1) is 26.2. The number of thiophene rings is 2. The van der Waals surface area contributed by atoms with Crippen molar-refractivity contribution in [2.24, 2.45) is 0 Å². The molecule has 250 valence electrons. The molecule has 0 saturated heterocycles. The van der Waals surface area contributed by atoms with Crippen LogP contribution >= 0.6 is 22.7 Å². The number of hydrogen-bond acceptors (Lipinski definition) is 3. The number of benzene rings is 8. The Hall–Kier alpha value is -6.26. The van der Waals surface area contributed by atoms with E-state index in [-0.39, 0.29) is 0 Å². The molecule has 0 fully saturated rings. The summed E-state index contributed by atoms with van der Waals surface area (Å²) in [6.45, 7) is 0. The van der Waals surface area contributed by atoms with Crippen molar-refractivity contribution in [1.82, 2.24) is 0 Å². The van der Waals surface area contributed by atoms with E-state index in [4.69, 9.17) is 0 Å². The monoisotopic (exact) mass is 711 g/mol. The van der Waals surface area contributed by atoms with Gasteiger partial charge in [-0.3, -0.25) is 0 Å². The fourth-order valence-electron chi connectivity index (χ4n) is 7.40. The van der Waals surface area contributed by atoms with Gasteiger partial charge in [-0.1, -0.05) is 146 Å². The molecule has 10 rings (SSSR count). The van der Waals surface area contributed by atoms with E-state index in [0.717, 1.165) is 17.1 Å². The van der Waals surface area contributed by atoms with E-state index >= 15 is 0 Å². The lowest BCUT2D eigenvalue weighted by molar-refractivity contribution is 1.28. The van der Waals surface area contributed by atoms with Crippen molar-refractivity contribution in [3.05, 3.63) is 200 Å². The minimum Gasteiger partial charge on any atom is -0.311 e. The van der Waals surface area contributed by atoms with Crippen molar-refractivity contribution >= 4 is 70.0 Å². The van der Waals surface area contributed by atoms with Crippen molar-refractivity contribution in [3.63, 3.8) is 0 Å². The quantitative estimate of drug-likeness (QED) is 0.159. The van der Waals surface area contributed by atoms with Gasteiger partial charge in [0.1, 0.15) is 0 Å². The molecule has 0 aliphatic heterocycles. The molecule has 0 aliphatic rings. The van der Waals surface area contributed by atoms with E-state index < -0.39 is 0 Å². The molecule has 2 aromatic heterocycles. The highest BCUT2D eigenvalue weighted by Gasteiger charge is 2.16. The Morgan fingerprint density at radius 1 is 0.321 bits per heavy atom. The minimum absolute atomic E-state index is 1.11. The van der Waals surface area contributed by atoms with Gasteiger partial charge in [0, 0.05) is 46.8 Å². The lowest BCUT2D eigenvalue weighted by Gasteiger charge is -2.26. The normalized spacial score (nSPS) is 11.4. The van der Waals surface area contributed by atoms with Gasteiger partial charge >= 0.3 is 0 Å². The SMILES string of the molecule is c1ccc(-c2ccc(-c3ccc(N(c4ccc(-c5cc6ccccc6s5)cc4)c4ccc(-c5cccc6c5sc5ccccc56)cc4)cc3)cc2)cc1. The van der Waals surface area contributed by atoms with Crippen LogP contribution in [0.3, 0.4) is 0 Å². The second-order valence-electron chi connectivity index (χ2n) is 13.3. The van der Waals surface area contributed by atoms with Gasteiger partial charge in [-0.2, -0.15) is 0 Å². The Labute approximate surface area is 317 Å². The van der Waals surface area contributed by atoms with Crippen molar-refractivity contribution in [2.45, 2.75) is 0 Å². The predicted molar refractivity (Wildman–Crippen MR) is 231 cm³/mol. The van der Waals surface area contributed by atoms with Gasteiger partial charge in [0.2, 0.25) is 0 Å². The highest BCUT2D eigenvalue weighted by molar-refractivity contribution is 7.26. The smallest absolute Gasteiger partial charge is 0.0462 e. The molecule has 0 spiro atoms. The van der Waals surface area contributed by atoms with Crippen LogP contribution in [0.15, 0.2) is 200 Å². The zero-order valence-electron chi connectivity index (χ0n) is 28.8. The second kappa shape index (κ2) is 13.4. The van der Waals surface area contributed by atoms with Crippen molar-refractivity contribution in [2.75, 3.05) is 4.90 Å². The summed E-state index contributed by atoms with van der Waals surface area (Å²) in [5.74, 6) is 0. The zero-order chi connectivity index (χ0) is 35.1. The molecule has 0 unspecified atom stereocenters. The molecule has 0 saturated carbocycles. The van der Waals surface area contributed by atoms with Crippen molar-refractivity contribution in [3.8, 4) is 43.8 Å². The fourth-order valence-corrected chi connectivity index (χ4v) is 9.71. The van der Waals surface area contributed by atoms with Crippen molar-refractivity contribution < 1.29 is 0 Å². The second-order valence-corrected chi connectivity index (χ2v) is 15.5. The van der Waals surface area contributed by atoms with Gasteiger partial charge in [-0.15, -0.1) is 22.7 Å². The largest absolute Gasteiger partial charge is 0.311 e. The van der Waals surface area contributed by atoms with Crippen LogP contribution in [0.2, 0.25) is 0 Å². The first-order valence-corrected chi connectivity index (χ1v) is 19.5. The Balaban J connectivity index is 1.01. The van der Waals surface area contributed by atoms with Gasteiger partial charge in [0.05, 0.1) is 0 Å². The average molecular weight is 712 g/mol. The summed E-state index contributed by atoms with van der Waals surface area (Å²) >= 11 is 3.72. The van der Waals surface area contributed by atoms with Crippen LogP contribution in [0, 0.1) is 0 Å². The van der Waals surface area contributed by atoms with E-state index in [1.807, 2.05) is 22.7 Å². The van der Waals surface area contributed by atoms with Crippen LogP contribution in [0.1, 0.15) is 0 Å². The topological polar surface area (TPSA) is 3.24 Å². The minimum atomic E-state index is 1.11. The zero-order valence-corrected chi connectivity index (χ0v) is 30.4. The fraction of sp³-hybridized carbons (Fsp3) is 0. The molecule has 3 heteroatoms. The van der Waals surface area contributed by atoms with Crippen LogP contribution in [0.25, 0.3) is 74.1 Å². The van der Waals surface area contributed by atoms with Crippen LogP contribution in [-0.2, 0) is 0 Å². The highest BCUT2D eigenvalue weighted by Crippen LogP contribution is 2.42. The van der Waals surface area contributed by atoms with Crippen LogP contribution in [0.5, 0.6) is 0 Å². The van der Waals surface area contributed by atoms with Gasteiger partial charge in [0.25, 0.3) is 0 Å². The predicted octanol–water partition coefficient (Wildman–Crippen LogP) is 15.4. The third-order valence-corrected chi connectivity index (χ3v) is 12.5. The summed E-state index contributed by atoms with van der Waals surface area (Å²) in [6, 6.07) is 72.8. The molecular weight excluding hydrogens is 679 g/mol. The number of hydrogen-bond donors (Lipinski definition) is 0. The third-order valence-electron chi connectivity index (χ3n) is 10.1. The van der Waals surface area contributed by atoms with Crippen molar-refractivity contribution in [1.29, 1.82) is 0 Å². The summed E-state index contributed by atoms with van der Waals surface area (Å²) < 4.78 is 3.98. The lowest BCUT2D eigenvalue weighted by atomic mass is 10.00. The Bertz CT molecular complexity index is 2810. The summed E-state index contributed by atoms with van der Waals surface area (Å²) in [5.41, 5.74) is 11.9. The van der Waals surface area contributed by atoms with E-state index in [1.165, 1.54) is 74.1 Å². The first-order valence-electron chi connectivity index (χ1n) is 17.9. The van der Waals surface area contributed by atoms with Gasteiger partial charge in [-0.25, -0.2) is 0 Å². The standard InChI is InChI=1S/C50H33NS2/c1-2-9-34(10-3-1)35-17-19-36(20-18-35)37-21-27-41(28-22-37)51(43-31-25-39(26-32-43)49-33-40-11-4-6-15-47(40)52-49)42-29-23-38(24-30-42)44-13-8-14-46-45-12-5-7-16-48(45)53-50(44)46/h1-33H. The van der Waals surface area contributed by atoms with Crippen LogP contribution in [-0.4, -0.2) is 0 Å². The molecule has 1 nitrogen and oxygen atoms in total. The molecule has 0 N–H and O–H groups in total. The number of nitrogens with zero attached hydrogens (tertiary/aromatic N) is 1. The van der Waals surface area contributed by atoms with Gasteiger partial charge in [0.15, 0.2) is 0 Å². The van der Waals surface area contributed by atoms with Crippen LogP contribution < -0.4 is 4.90 Å². The Morgan fingerprint density at radius 3 is 1.45 bits per heavy atom. The lowest BCUT2D eigenvalue weighted by Crippen LogP contribution is -2.09. The first kappa shape index (κ1) is 31.5. The Morgan fingerprint density at radius 2 is 0.811 bits per heavy atom. The summed E-state index contributed by atoms with van der Waals surface area (Å²) in [5, 5.41) is 3.94. The molecule has 0 bridgehead atoms. The summed E-state index contributed by atoms with van der Waals surface area (Å²) in [6.07, 6.45) is 0. The maximum Gasteiger partial charge on any atom is 0.0462 e. The van der Waals surface area contributed by atoms with Gasteiger partial charge < -0.3 is 4.90 Å². The molecule has 10 aromatic rings. The molecule has 0 radical (unpaired) electrons.